The van der Waals surface area contributed by atoms with Crippen LogP contribution in [0.15, 0.2) is 60.0 Å². The van der Waals surface area contributed by atoms with E-state index in [1.807, 2.05) is 48.5 Å². The van der Waals surface area contributed by atoms with E-state index in [0.29, 0.717) is 11.1 Å². The lowest BCUT2D eigenvalue weighted by molar-refractivity contribution is 0.103. The molecule has 2 aromatic carbocycles. The summed E-state index contributed by atoms with van der Waals surface area (Å²) in [7, 11) is 0. The van der Waals surface area contributed by atoms with Crippen LogP contribution in [0.2, 0.25) is 0 Å². The fraction of sp³-hybridized carbons (Fsp3) is 0.105. The van der Waals surface area contributed by atoms with Crippen molar-refractivity contribution >= 4 is 28.7 Å². The number of fused-ring (bicyclic) bond motifs is 2. The van der Waals surface area contributed by atoms with E-state index in [0.717, 1.165) is 16.0 Å². The first-order valence-corrected chi connectivity index (χ1v) is 8.36. The average molecular weight is 325 g/mol. The van der Waals surface area contributed by atoms with Crippen LogP contribution in [0.4, 0.5) is 0 Å². The second-order valence-electron chi connectivity index (χ2n) is 5.57. The van der Waals surface area contributed by atoms with Crippen LogP contribution in [-0.4, -0.2) is 5.78 Å². The van der Waals surface area contributed by atoms with Gasteiger partial charge in [0.1, 0.15) is 4.87 Å². The SMILES string of the molecule is Cc1csc(C2(Cl)c3ccccc3C(=O)c3ccccc32)c1. The van der Waals surface area contributed by atoms with Crippen molar-refractivity contribution in [2.24, 2.45) is 0 Å². The standard InChI is InChI=1S/C19H13ClOS/c1-12-10-17(22-11-12)19(20)15-8-4-2-6-13(15)18(21)14-7-3-5-9-16(14)19/h2-11H,1H3. The summed E-state index contributed by atoms with van der Waals surface area (Å²) in [4.78, 5) is 13.0. The Kier molecular flexibility index (Phi) is 3.00. The Bertz CT molecular complexity index is 844. The second kappa shape index (κ2) is 4.80. The van der Waals surface area contributed by atoms with Gasteiger partial charge in [-0.15, -0.1) is 22.9 Å². The third-order valence-corrected chi connectivity index (χ3v) is 6.05. The van der Waals surface area contributed by atoms with Crippen molar-refractivity contribution in [3.05, 3.63) is 92.7 Å². The lowest BCUT2D eigenvalue weighted by Gasteiger charge is -2.34. The van der Waals surface area contributed by atoms with E-state index >= 15 is 0 Å². The molecule has 3 heteroatoms. The molecule has 1 nitrogen and oxygen atoms in total. The first-order chi connectivity index (χ1) is 10.6. The van der Waals surface area contributed by atoms with Gasteiger partial charge in [-0.3, -0.25) is 4.79 Å². The minimum atomic E-state index is -0.792. The number of hydrogen-bond donors (Lipinski definition) is 0. The van der Waals surface area contributed by atoms with Gasteiger partial charge in [0.15, 0.2) is 5.78 Å². The van der Waals surface area contributed by atoms with Crippen LogP contribution < -0.4 is 0 Å². The molecule has 1 aromatic heterocycles. The van der Waals surface area contributed by atoms with E-state index in [1.54, 1.807) is 11.3 Å². The lowest BCUT2D eigenvalue weighted by atomic mass is 9.76. The lowest BCUT2D eigenvalue weighted by Crippen LogP contribution is -2.31. The number of carbonyl (C=O) groups is 1. The van der Waals surface area contributed by atoms with Gasteiger partial charge in [0.2, 0.25) is 0 Å². The summed E-state index contributed by atoms with van der Waals surface area (Å²) < 4.78 is 0. The van der Waals surface area contributed by atoms with Crippen LogP contribution in [0.3, 0.4) is 0 Å². The van der Waals surface area contributed by atoms with Crippen LogP contribution >= 0.6 is 22.9 Å². The Morgan fingerprint density at radius 1 is 0.955 bits per heavy atom. The number of aryl methyl sites for hydroxylation is 1. The van der Waals surface area contributed by atoms with Crippen molar-refractivity contribution in [2.45, 2.75) is 11.8 Å². The summed E-state index contributed by atoms with van der Waals surface area (Å²) in [6.45, 7) is 2.06. The number of halogens is 1. The molecule has 0 aliphatic heterocycles. The normalized spacial score (nSPS) is 15.3. The van der Waals surface area contributed by atoms with Gasteiger partial charge in [-0.1, -0.05) is 48.5 Å². The molecule has 1 aliphatic rings. The van der Waals surface area contributed by atoms with E-state index in [9.17, 15) is 4.79 Å². The molecule has 1 heterocycles. The first kappa shape index (κ1) is 13.7. The fourth-order valence-electron chi connectivity index (χ4n) is 3.13. The zero-order valence-electron chi connectivity index (χ0n) is 12.0. The number of hydrogen-bond acceptors (Lipinski definition) is 2. The van der Waals surface area contributed by atoms with Crippen molar-refractivity contribution < 1.29 is 4.79 Å². The molecule has 0 N–H and O–H groups in total. The van der Waals surface area contributed by atoms with Gasteiger partial charge in [0.05, 0.1) is 0 Å². The molecule has 0 amide bonds. The van der Waals surface area contributed by atoms with Crippen molar-refractivity contribution in [1.82, 2.24) is 0 Å². The fourth-order valence-corrected chi connectivity index (χ4v) is 4.67. The van der Waals surface area contributed by atoms with Gasteiger partial charge < -0.3 is 0 Å². The summed E-state index contributed by atoms with van der Waals surface area (Å²) in [5.41, 5.74) is 4.33. The maximum absolute atomic E-state index is 12.8. The molecule has 3 aromatic rings. The van der Waals surface area contributed by atoms with Gasteiger partial charge in [-0.2, -0.15) is 0 Å². The highest BCUT2D eigenvalue weighted by molar-refractivity contribution is 7.10. The van der Waals surface area contributed by atoms with Gasteiger partial charge in [-0.25, -0.2) is 0 Å². The van der Waals surface area contributed by atoms with Gasteiger partial charge >= 0.3 is 0 Å². The largest absolute Gasteiger partial charge is 0.289 e. The number of carbonyl (C=O) groups excluding carboxylic acids is 1. The molecule has 4 rings (SSSR count). The highest BCUT2D eigenvalue weighted by atomic mass is 35.5. The maximum atomic E-state index is 12.8. The van der Waals surface area contributed by atoms with Crippen LogP contribution in [0, 0.1) is 6.92 Å². The molecule has 108 valence electrons. The average Bonchev–Trinajstić information content (AvgIpc) is 3.00. The second-order valence-corrected chi connectivity index (χ2v) is 7.05. The topological polar surface area (TPSA) is 17.1 Å². The van der Waals surface area contributed by atoms with E-state index in [-0.39, 0.29) is 5.78 Å². The molecular weight excluding hydrogens is 312 g/mol. The molecular formula is C19H13ClOS. The van der Waals surface area contributed by atoms with E-state index in [1.165, 1.54) is 5.56 Å². The summed E-state index contributed by atoms with van der Waals surface area (Å²) in [6, 6.07) is 17.4. The third kappa shape index (κ3) is 1.74. The first-order valence-electron chi connectivity index (χ1n) is 7.10. The summed E-state index contributed by atoms with van der Waals surface area (Å²) >= 11 is 8.84. The third-order valence-electron chi connectivity index (χ3n) is 4.16. The number of alkyl halides is 1. The molecule has 0 spiro atoms. The van der Waals surface area contributed by atoms with Crippen molar-refractivity contribution in [3.8, 4) is 0 Å². The molecule has 0 saturated carbocycles. The van der Waals surface area contributed by atoms with E-state index < -0.39 is 4.87 Å². The van der Waals surface area contributed by atoms with E-state index in [2.05, 4.69) is 18.4 Å². The summed E-state index contributed by atoms with van der Waals surface area (Å²) in [5.74, 6) is 0.0516. The quantitative estimate of drug-likeness (QED) is 0.567. The number of ketones is 1. The monoisotopic (exact) mass is 324 g/mol. The summed E-state index contributed by atoms with van der Waals surface area (Å²) in [6.07, 6.45) is 0. The molecule has 0 fully saturated rings. The zero-order valence-corrected chi connectivity index (χ0v) is 13.5. The van der Waals surface area contributed by atoms with Gasteiger partial charge in [-0.05, 0) is 35.1 Å². The molecule has 0 saturated heterocycles. The number of thiophene rings is 1. The Morgan fingerprint density at radius 3 is 2.00 bits per heavy atom. The Balaban J connectivity index is 2.11. The molecule has 0 unspecified atom stereocenters. The van der Waals surface area contributed by atoms with Crippen molar-refractivity contribution in [3.63, 3.8) is 0 Å². The summed E-state index contributed by atoms with van der Waals surface area (Å²) in [5, 5.41) is 2.10. The predicted octanol–water partition coefficient (Wildman–Crippen LogP) is 5.13. The van der Waals surface area contributed by atoms with Crippen LogP contribution in [0.5, 0.6) is 0 Å². The number of rotatable bonds is 1. The number of benzene rings is 2. The smallest absolute Gasteiger partial charge is 0.193 e. The Hall–Kier alpha value is -1.90. The van der Waals surface area contributed by atoms with Crippen LogP contribution in [-0.2, 0) is 4.87 Å². The Labute approximate surface area is 138 Å². The minimum Gasteiger partial charge on any atom is -0.289 e. The molecule has 1 aliphatic carbocycles. The van der Waals surface area contributed by atoms with Gasteiger partial charge in [0.25, 0.3) is 0 Å². The van der Waals surface area contributed by atoms with Crippen LogP contribution in [0.25, 0.3) is 0 Å². The molecule has 0 atom stereocenters. The molecule has 22 heavy (non-hydrogen) atoms. The van der Waals surface area contributed by atoms with Crippen molar-refractivity contribution in [2.75, 3.05) is 0 Å². The highest BCUT2D eigenvalue weighted by Gasteiger charge is 2.44. The van der Waals surface area contributed by atoms with Crippen molar-refractivity contribution in [1.29, 1.82) is 0 Å². The predicted molar refractivity (Wildman–Crippen MR) is 91.1 cm³/mol. The van der Waals surface area contributed by atoms with Crippen LogP contribution in [0.1, 0.15) is 37.5 Å². The maximum Gasteiger partial charge on any atom is 0.193 e. The van der Waals surface area contributed by atoms with Gasteiger partial charge in [0, 0.05) is 16.0 Å². The molecule has 0 radical (unpaired) electrons. The molecule has 0 bridgehead atoms. The van der Waals surface area contributed by atoms with E-state index in [4.69, 9.17) is 11.6 Å². The Morgan fingerprint density at radius 2 is 1.50 bits per heavy atom. The zero-order chi connectivity index (χ0) is 15.3. The minimum absolute atomic E-state index is 0.0516. The highest BCUT2D eigenvalue weighted by Crippen LogP contribution is 2.50.